The molecule has 0 radical (unpaired) electrons. The first kappa shape index (κ1) is 15.5. The highest BCUT2D eigenvalue weighted by atomic mass is 32.1. The lowest BCUT2D eigenvalue weighted by Crippen LogP contribution is -2.50. The predicted octanol–water partition coefficient (Wildman–Crippen LogP) is 4.99. The van der Waals surface area contributed by atoms with Crippen molar-refractivity contribution in [1.29, 1.82) is 0 Å². The lowest BCUT2D eigenvalue weighted by molar-refractivity contribution is 0.0827. The number of aromatic nitrogens is 1. The molecule has 1 N–H and O–H groups in total. The third-order valence-electron chi connectivity index (χ3n) is 4.62. The number of benzene rings is 1. The topological polar surface area (TPSA) is 42.0 Å². The number of nitrogens with one attached hydrogen (secondary N) is 1. The largest absolute Gasteiger partial charge is 0.342 e. The maximum atomic E-state index is 12.9. The Morgan fingerprint density at radius 2 is 1.96 bits per heavy atom. The van der Waals surface area contributed by atoms with Gasteiger partial charge in [-0.05, 0) is 43.2 Å². The van der Waals surface area contributed by atoms with Crippen molar-refractivity contribution in [2.75, 3.05) is 0 Å². The highest BCUT2D eigenvalue weighted by Crippen LogP contribution is 2.42. The van der Waals surface area contributed by atoms with E-state index in [1.807, 2.05) is 42.6 Å². The second-order valence-corrected chi connectivity index (χ2v) is 8.11. The molecular formula is C19H18N2OS2. The average Bonchev–Trinajstić information content (AvgIpc) is 3.21. The van der Waals surface area contributed by atoms with Crippen LogP contribution in [0.5, 0.6) is 0 Å². The van der Waals surface area contributed by atoms with Crippen LogP contribution in [0, 0.1) is 6.92 Å². The Labute approximate surface area is 149 Å². The molecule has 0 atom stereocenters. The molecule has 1 aliphatic rings. The Morgan fingerprint density at radius 1 is 1.17 bits per heavy atom. The Kier molecular flexibility index (Phi) is 3.98. The maximum absolute atomic E-state index is 12.9. The van der Waals surface area contributed by atoms with Crippen LogP contribution in [0.4, 0.5) is 0 Å². The van der Waals surface area contributed by atoms with Gasteiger partial charge in [0.25, 0.3) is 5.91 Å². The summed E-state index contributed by atoms with van der Waals surface area (Å²) < 4.78 is 0. The summed E-state index contributed by atoms with van der Waals surface area (Å²) in [5.41, 5.74) is 1.80. The van der Waals surface area contributed by atoms with Crippen molar-refractivity contribution < 1.29 is 4.79 Å². The number of carbonyl (C=O) groups excluding carboxylic acids is 1. The molecule has 0 unspecified atom stereocenters. The fraction of sp³-hybridized carbons (Fsp3) is 0.263. The fourth-order valence-electron chi connectivity index (χ4n) is 3.16. The minimum absolute atomic E-state index is 0.00337. The number of thiophene rings is 1. The van der Waals surface area contributed by atoms with E-state index in [9.17, 15) is 4.79 Å². The van der Waals surface area contributed by atoms with E-state index in [1.54, 1.807) is 11.3 Å². The van der Waals surface area contributed by atoms with Crippen molar-refractivity contribution in [1.82, 2.24) is 10.3 Å². The van der Waals surface area contributed by atoms with E-state index in [4.69, 9.17) is 0 Å². The van der Waals surface area contributed by atoms with Crippen LogP contribution in [-0.4, -0.2) is 10.9 Å². The van der Waals surface area contributed by atoms with Gasteiger partial charge in [0.15, 0.2) is 0 Å². The molecule has 0 saturated heterocycles. The van der Waals surface area contributed by atoms with Crippen molar-refractivity contribution in [3.63, 3.8) is 0 Å². The Hall–Kier alpha value is -1.98. The van der Waals surface area contributed by atoms with Gasteiger partial charge in [-0.2, -0.15) is 0 Å². The number of thiazole rings is 1. The average molecular weight is 355 g/mol. The van der Waals surface area contributed by atoms with E-state index in [1.165, 1.54) is 16.9 Å². The van der Waals surface area contributed by atoms with Gasteiger partial charge in [-0.25, -0.2) is 4.98 Å². The Bertz CT molecular complexity index is 849. The van der Waals surface area contributed by atoms with Crippen molar-refractivity contribution >= 4 is 28.6 Å². The highest BCUT2D eigenvalue weighted by Gasteiger charge is 2.40. The van der Waals surface area contributed by atoms with E-state index in [0.29, 0.717) is 0 Å². The van der Waals surface area contributed by atoms with Gasteiger partial charge in [-0.1, -0.05) is 36.4 Å². The summed E-state index contributed by atoms with van der Waals surface area (Å²) in [4.78, 5) is 19.3. The van der Waals surface area contributed by atoms with E-state index in [2.05, 4.69) is 22.4 Å². The van der Waals surface area contributed by atoms with Gasteiger partial charge in [0.1, 0.15) is 9.88 Å². The molecule has 1 fully saturated rings. The van der Waals surface area contributed by atoms with Crippen LogP contribution in [0.25, 0.3) is 9.88 Å². The van der Waals surface area contributed by atoms with Crippen molar-refractivity contribution in [3.05, 3.63) is 64.0 Å². The molecular weight excluding hydrogens is 336 g/mol. The third kappa shape index (κ3) is 2.68. The zero-order chi connectivity index (χ0) is 16.6. The van der Waals surface area contributed by atoms with Crippen LogP contribution in [0.2, 0.25) is 0 Å². The van der Waals surface area contributed by atoms with E-state index >= 15 is 0 Å². The summed E-state index contributed by atoms with van der Waals surface area (Å²) in [5.74, 6) is -0.00337. The summed E-state index contributed by atoms with van der Waals surface area (Å²) in [6, 6.07) is 14.4. The quantitative estimate of drug-likeness (QED) is 0.717. The Balaban J connectivity index is 1.60. The summed E-state index contributed by atoms with van der Waals surface area (Å²) in [5, 5.41) is 6.26. The number of hydrogen-bond acceptors (Lipinski definition) is 4. The van der Waals surface area contributed by atoms with Gasteiger partial charge in [0, 0.05) is 0 Å². The van der Waals surface area contributed by atoms with Gasteiger partial charge in [-0.3, -0.25) is 4.79 Å². The molecule has 5 heteroatoms. The molecule has 2 heterocycles. The van der Waals surface area contributed by atoms with Crippen molar-refractivity contribution in [3.8, 4) is 9.88 Å². The molecule has 1 amide bonds. The number of nitrogens with zero attached hydrogens (tertiary/aromatic N) is 1. The number of carbonyl (C=O) groups is 1. The molecule has 3 nitrogen and oxygen atoms in total. The molecule has 0 spiro atoms. The zero-order valence-corrected chi connectivity index (χ0v) is 15.0. The van der Waals surface area contributed by atoms with Gasteiger partial charge >= 0.3 is 0 Å². The minimum Gasteiger partial charge on any atom is -0.342 e. The van der Waals surface area contributed by atoms with Crippen LogP contribution in [0.3, 0.4) is 0 Å². The second kappa shape index (κ2) is 6.15. The van der Waals surface area contributed by atoms with Gasteiger partial charge in [-0.15, -0.1) is 22.7 Å². The van der Waals surface area contributed by atoms with E-state index in [-0.39, 0.29) is 11.4 Å². The lowest BCUT2D eigenvalue weighted by atomic mass is 9.72. The van der Waals surface area contributed by atoms with Crippen LogP contribution >= 0.6 is 22.7 Å². The third-order valence-corrected chi connectivity index (χ3v) is 6.82. The summed E-state index contributed by atoms with van der Waals surface area (Å²) in [7, 11) is 0. The second-order valence-electron chi connectivity index (χ2n) is 6.17. The van der Waals surface area contributed by atoms with Crippen LogP contribution < -0.4 is 5.32 Å². The fourth-order valence-corrected chi connectivity index (χ4v) is 4.92. The summed E-state index contributed by atoms with van der Waals surface area (Å²) >= 11 is 3.13. The molecule has 1 aliphatic carbocycles. The van der Waals surface area contributed by atoms with E-state index < -0.39 is 0 Å². The maximum Gasteiger partial charge on any atom is 0.263 e. The minimum atomic E-state index is -0.210. The standard InChI is InChI=1S/C19H18N2OS2/c1-13-16(24-18(20-13)15-9-5-12-23-15)17(22)21-19(10-6-11-19)14-7-3-2-4-8-14/h2-5,7-9,12H,6,10-11H2,1H3,(H,21,22). The van der Waals surface area contributed by atoms with Crippen LogP contribution in [-0.2, 0) is 5.54 Å². The summed E-state index contributed by atoms with van der Waals surface area (Å²) in [6.45, 7) is 1.92. The molecule has 122 valence electrons. The number of aryl methyl sites for hydroxylation is 1. The number of amides is 1. The molecule has 1 saturated carbocycles. The normalized spacial score (nSPS) is 15.7. The number of rotatable bonds is 4. The first-order valence-electron chi connectivity index (χ1n) is 8.07. The molecule has 24 heavy (non-hydrogen) atoms. The first-order valence-corrected chi connectivity index (χ1v) is 9.77. The highest BCUT2D eigenvalue weighted by molar-refractivity contribution is 7.22. The van der Waals surface area contributed by atoms with E-state index in [0.717, 1.165) is 39.7 Å². The summed E-state index contributed by atoms with van der Waals surface area (Å²) in [6.07, 6.45) is 3.15. The van der Waals surface area contributed by atoms with Gasteiger partial charge in [0.05, 0.1) is 16.1 Å². The molecule has 3 aromatic rings. The van der Waals surface area contributed by atoms with Crippen molar-refractivity contribution in [2.24, 2.45) is 0 Å². The number of hydrogen-bond donors (Lipinski definition) is 1. The molecule has 1 aromatic carbocycles. The van der Waals surface area contributed by atoms with Gasteiger partial charge in [0.2, 0.25) is 0 Å². The lowest BCUT2D eigenvalue weighted by Gasteiger charge is -2.43. The molecule has 4 rings (SSSR count). The zero-order valence-electron chi connectivity index (χ0n) is 13.4. The monoisotopic (exact) mass is 354 g/mol. The molecule has 2 aromatic heterocycles. The van der Waals surface area contributed by atoms with Crippen molar-refractivity contribution in [2.45, 2.75) is 31.7 Å². The molecule has 0 bridgehead atoms. The van der Waals surface area contributed by atoms with Gasteiger partial charge < -0.3 is 5.32 Å². The first-order chi connectivity index (χ1) is 11.7. The van der Waals surface area contributed by atoms with Crippen LogP contribution in [0.15, 0.2) is 47.8 Å². The Morgan fingerprint density at radius 3 is 2.58 bits per heavy atom. The SMILES string of the molecule is Cc1nc(-c2cccs2)sc1C(=O)NC1(c2ccccc2)CCC1. The predicted molar refractivity (Wildman–Crippen MR) is 99.6 cm³/mol. The smallest absolute Gasteiger partial charge is 0.263 e. The van der Waals surface area contributed by atoms with Crippen LogP contribution in [0.1, 0.15) is 40.2 Å². The molecule has 0 aliphatic heterocycles.